The fourth-order valence-corrected chi connectivity index (χ4v) is 2.75. The van der Waals surface area contributed by atoms with Crippen LogP contribution in [-0.2, 0) is 4.79 Å². The maximum atomic E-state index is 12.7. The molecular weight excluding hydrogens is 284 g/mol. The largest absolute Gasteiger partial charge is 0.370 e. The van der Waals surface area contributed by atoms with Gasteiger partial charge in [0.15, 0.2) is 0 Å². The molecule has 0 unspecified atom stereocenters. The maximum Gasteiger partial charge on any atom is 0.247 e. The molecule has 0 heterocycles. The minimum atomic E-state index is -0.364. The first-order valence-electron chi connectivity index (χ1n) is 8.36. The van der Waals surface area contributed by atoms with Gasteiger partial charge in [-0.15, -0.1) is 0 Å². The van der Waals surface area contributed by atoms with Crippen molar-refractivity contribution in [1.82, 2.24) is 5.32 Å². The van der Waals surface area contributed by atoms with Crippen molar-refractivity contribution in [2.75, 3.05) is 5.32 Å². The Morgan fingerprint density at radius 2 is 1.65 bits per heavy atom. The Kier molecular flexibility index (Phi) is 4.65. The third-order valence-corrected chi connectivity index (χ3v) is 4.20. The number of nitrogens with one attached hydrogen (secondary N) is 2. The van der Waals surface area contributed by atoms with Gasteiger partial charge in [-0.3, -0.25) is 4.79 Å². The first-order chi connectivity index (χ1) is 11.1. The summed E-state index contributed by atoms with van der Waals surface area (Å²) in [5, 5.41) is 6.59. The molecule has 3 nitrogen and oxygen atoms in total. The minimum Gasteiger partial charge on any atom is -0.370 e. The molecule has 1 saturated carbocycles. The number of amides is 1. The van der Waals surface area contributed by atoms with E-state index in [1.165, 1.54) is 5.56 Å². The molecule has 0 spiro atoms. The van der Waals surface area contributed by atoms with E-state index in [0.29, 0.717) is 12.0 Å². The van der Waals surface area contributed by atoms with E-state index in [2.05, 4.69) is 36.6 Å². The van der Waals surface area contributed by atoms with Crippen LogP contribution in [0.5, 0.6) is 0 Å². The number of para-hydroxylation sites is 1. The highest BCUT2D eigenvalue weighted by molar-refractivity contribution is 5.86. The van der Waals surface area contributed by atoms with E-state index in [1.807, 2.05) is 42.5 Å². The summed E-state index contributed by atoms with van der Waals surface area (Å²) >= 11 is 0. The fourth-order valence-electron chi connectivity index (χ4n) is 2.75. The maximum absolute atomic E-state index is 12.7. The average molecular weight is 308 g/mol. The summed E-state index contributed by atoms with van der Waals surface area (Å²) in [4.78, 5) is 12.7. The van der Waals surface area contributed by atoms with E-state index in [9.17, 15) is 4.79 Å². The van der Waals surface area contributed by atoms with Gasteiger partial charge in [-0.25, -0.2) is 0 Å². The summed E-state index contributed by atoms with van der Waals surface area (Å²) in [6.45, 7) is 4.34. The van der Waals surface area contributed by atoms with Crippen molar-refractivity contribution in [2.24, 2.45) is 0 Å². The minimum absolute atomic E-state index is 0.0530. The molecule has 1 atom stereocenters. The average Bonchev–Trinajstić information content (AvgIpc) is 3.37. The molecule has 2 N–H and O–H groups in total. The van der Waals surface area contributed by atoms with Gasteiger partial charge in [0.1, 0.15) is 6.04 Å². The van der Waals surface area contributed by atoms with Gasteiger partial charge in [-0.2, -0.15) is 0 Å². The predicted octanol–water partition coefficient (Wildman–Crippen LogP) is 4.24. The number of carbonyl (C=O) groups is 1. The van der Waals surface area contributed by atoms with E-state index in [-0.39, 0.29) is 11.9 Å². The van der Waals surface area contributed by atoms with Crippen molar-refractivity contribution in [3.05, 3.63) is 65.7 Å². The van der Waals surface area contributed by atoms with Gasteiger partial charge in [0.2, 0.25) is 5.91 Å². The van der Waals surface area contributed by atoms with Gasteiger partial charge in [0, 0.05) is 11.7 Å². The van der Waals surface area contributed by atoms with Crippen LogP contribution in [-0.4, -0.2) is 11.9 Å². The van der Waals surface area contributed by atoms with E-state index >= 15 is 0 Å². The van der Waals surface area contributed by atoms with Gasteiger partial charge < -0.3 is 10.6 Å². The van der Waals surface area contributed by atoms with E-state index in [1.54, 1.807) is 0 Å². The van der Waals surface area contributed by atoms with Crippen LogP contribution >= 0.6 is 0 Å². The van der Waals surface area contributed by atoms with E-state index < -0.39 is 0 Å². The van der Waals surface area contributed by atoms with Crippen LogP contribution < -0.4 is 10.6 Å². The number of hydrogen-bond donors (Lipinski definition) is 2. The molecule has 0 radical (unpaired) electrons. The molecule has 3 rings (SSSR count). The van der Waals surface area contributed by atoms with Gasteiger partial charge in [0.25, 0.3) is 0 Å². The Balaban J connectivity index is 1.88. The van der Waals surface area contributed by atoms with Crippen molar-refractivity contribution >= 4 is 11.6 Å². The summed E-state index contributed by atoms with van der Waals surface area (Å²) in [6, 6.07) is 18.1. The van der Waals surface area contributed by atoms with Crippen molar-refractivity contribution in [2.45, 2.75) is 44.7 Å². The second-order valence-corrected chi connectivity index (χ2v) is 6.51. The molecule has 120 valence electrons. The second kappa shape index (κ2) is 6.86. The number of rotatable bonds is 6. The standard InChI is InChI=1S/C20H24N2O/c1-14(2)17-10-6-7-11-18(17)22-19(15-8-4-3-5-9-15)20(23)21-16-12-13-16/h3-11,14,16,19,22H,12-13H2,1-2H3,(H,21,23)/t19-/m1/s1. The van der Waals surface area contributed by atoms with Gasteiger partial charge in [-0.05, 0) is 36.0 Å². The predicted molar refractivity (Wildman–Crippen MR) is 94.5 cm³/mol. The normalized spacial score (nSPS) is 15.3. The highest BCUT2D eigenvalue weighted by Gasteiger charge is 2.28. The van der Waals surface area contributed by atoms with Crippen LogP contribution in [0.4, 0.5) is 5.69 Å². The molecule has 23 heavy (non-hydrogen) atoms. The lowest BCUT2D eigenvalue weighted by Crippen LogP contribution is -2.35. The zero-order valence-corrected chi connectivity index (χ0v) is 13.8. The fraction of sp³-hybridized carbons (Fsp3) is 0.350. The molecular formula is C20H24N2O. The Labute approximate surface area is 138 Å². The summed E-state index contributed by atoms with van der Waals surface area (Å²) in [5.74, 6) is 0.457. The molecule has 0 saturated heterocycles. The highest BCUT2D eigenvalue weighted by atomic mass is 16.2. The van der Waals surface area contributed by atoms with E-state index in [0.717, 1.165) is 24.1 Å². The smallest absolute Gasteiger partial charge is 0.247 e. The summed E-state index contributed by atoms with van der Waals surface area (Å²) in [7, 11) is 0. The molecule has 0 aromatic heterocycles. The van der Waals surface area contributed by atoms with E-state index in [4.69, 9.17) is 0 Å². The molecule has 2 aromatic carbocycles. The highest BCUT2D eigenvalue weighted by Crippen LogP contribution is 2.28. The first-order valence-corrected chi connectivity index (χ1v) is 8.36. The van der Waals surface area contributed by atoms with Crippen molar-refractivity contribution < 1.29 is 4.79 Å². The SMILES string of the molecule is CC(C)c1ccccc1N[C@@H](C(=O)NC1CC1)c1ccccc1. The van der Waals surface area contributed by atoms with Crippen LogP contribution in [0.2, 0.25) is 0 Å². The molecule has 0 aliphatic heterocycles. The third kappa shape index (κ3) is 3.92. The Morgan fingerprint density at radius 1 is 1.00 bits per heavy atom. The Bertz CT molecular complexity index is 662. The molecule has 1 amide bonds. The molecule has 1 fully saturated rings. The van der Waals surface area contributed by atoms with Crippen LogP contribution in [0.15, 0.2) is 54.6 Å². The quantitative estimate of drug-likeness (QED) is 0.838. The van der Waals surface area contributed by atoms with Gasteiger partial charge in [0.05, 0.1) is 0 Å². The van der Waals surface area contributed by atoms with Crippen LogP contribution in [0.1, 0.15) is 49.8 Å². The second-order valence-electron chi connectivity index (χ2n) is 6.51. The molecule has 3 heteroatoms. The molecule has 1 aliphatic rings. The van der Waals surface area contributed by atoms with Crippen LogP contribution in [0.3, 0.4) is 0 Å². The lowest BCUT2D eigenvalue weighted by Gasteiger charge is -2.22. The lowest BCUT2D eigenvalue weighted by atomic mass is 9.99. The topological polar surface area (TPSA) is 41.1 Å². The number of hydrogen-bond acceptors (Lipinski definition) is 2. The van der Waals surface area contributed by atoms with Crippen LogP contribution in [0.25, 0.3) is 0 Å². The Hall–Kier alpha value is -2.29. The summed E-state index contributed by atoms with van der Waals surface area (Å²) in [5.41, 5.74) is 3.25. The van der Waals surface area contributed by atoms with Crippen molar-refractivity contribution in [3.8, 4) is 0 Å². The molecule has 2 aromatic rings. The zero-order chi connectivity index (χ0) is 16.2. The van der Waals surface area contributed by atoms with Crippen LogP contribution in [0, 0.1) is 0 Å². The number of benzene rings is 2. The monoisotopic (exact) mass is 308 g/mol. The van der Waals surface area contributed by atoms with Crippen molar-refractivity contribution in [3.63, 3.8) is 0 Å². The molecule has 1 aliphatic carbocycles. The number of carbonyl (C=O) groups excluding carboxylic acids is 1. The Morgan fingerprint density at radius 3 is 2.30 bits per heavy atom. The summed E-state index contributed by atoms with van der Waals surface area (Å²) in [6.07, 6.45) is 2.19. The first kappa shape index (κ1) is 15.6. The zero-order valence-electron chi connectivity index (χ0n) is 13.8. The number of anilines is 1. The molecule has 0 bridgehead atoms. The lowest BCUT2D eigenvalue weighted by molar-refractivity contribution is -0.122. The van der Waals surface area contributed by atoms with Gasteiger partial charge in [-0.1, -0.05) is 62.4 Å². The third-order valence-electron chi connectivity index (χ3n) is 4.20. The van der Waals surface area contributed by atoms with Gasteiger partial charge >= 0.3 is 0 Å². The summed E-state index contributed by atoms with van der Waals surface area (Å²) < 4.78 is 0. The van der Waals surface area contributed by atoms with Crippen molar-refractivity contribution in [1.29, 1.82) is 0 Å².